The zero-order valence-corrected chi connectivity index (χ0v) is 16.3. The van der Waals surface area contributed by atoms with Crippen molar-refractivity contribution in [2.45, 2.75) is 83.1 Å². The fourth-order valence-electron chi connectivity index (χ4n) is 4.82. The maximum Gasteiger partial charge on any atom is 0.222 e. The summed E-state index contributed by atoms with van der Waals surface area (Å²) < 4.78 is 13.1. The van der Waals surface area contributed by atoms with E-state index in [0.717, 1.165) is 37.8 Å². The summed E-state index contributed by atoms with van der Waals surface area (Å²) in [6.07, 6.45) is 11.0. The van der Waals surface area contributed by atoms with E-state index in [1.807, 2.05) is 6.07 Å². The van der Waals surface area contributed by atoms with E-state index in [-0.39, 0.29) is 17.5 Å². The van der Waals surface area contributed by atoms with Crippen LogP contribution in [0.15, 0.2) is 24.3 Å². The normalized spacial score (nSPS) is 22.3. The number of hydrogen-bond donors (Lipinski definition) is 0. The molecule has 2 aliphatic rings. The van der Waals surface area contributed by atoms with Gasteiger partial charge in [0, 0.05) is 31.8 Å². The van der Waals surface area contributed by atoms with Crippen LogP contribution < -0.4 is 0 Å². The summed E-state index contributed by atoms with van der Waals surface area (Å²) in [5, 5.41) is 0. The molecule has 148 valence electrons. The maximum absolute atomic E-state index is 13.1. The van der Waals surface area contributed by atoms with Crippen molar-refractivity contribution in [1.29, 1.82) is 0 Å². The van der Waals surface area contributed by atoms with Crippen LogP contribution in [0.2, 0.25) is 0 Å². The number of likely N-dealkylation sites (tertiary alicyclic amines) is 1. The first-order valence-electron chi connectivity index (χ1n) is 10.7. The van der Waals surface area contributed by atoms with Crippen molar-refractivity contribution in [3.05, 3.63) is 35.6 Å². The molecule has 2 unspecified atom stereocenters. The first kappa shape index (κ1) is 20.0. The number of carbonyl (C=O) groups excluding carboxylic acids is 2. The summed E-state index contributed by atoms with van der Waals surface area (Å²) in [5.74, 6) is 0.948. The molecule has 0 radical (unpaired) electrons. The van der Waals surface area contributed by atoms with E-state index in [1.165, 1.54) is 37.8 Å². The number of halogens is 1. The number of benzene rings is 1. The fourth-order valence-corrected chi connectivity index (χ4v) is 4.82. The highest BCUT2D eigenvalue weighted by atomic mass is 19.1. The minimum atomic E-state index is -0.227. The number of piperidine rings is 1. The van der Waals surface area contributed by atoms with Gasteiger partial charge >= 0.3 is 0 Å². The molecule has 0 aromatic heterocycles. The van der Waals surface area contributed by atoms with Crippen molar-refractivity contribution >= 4 is 11.7 Å². The van der Waals surface area contributed by atoms with Crippen molar-refractivity contribution in [1.82, 2.24) is 4.90 Å². The molecule has 1 saturated heterocycles. The lowest BCUT2D eigenvalue weighted by atomic mass is 9.78. The van der Waals surface area contributed by atoms with Gasteiger partial charge in [-0.25, -0.2) is 4.39 Å². The van der Waals surface area contributed by atoms with Gasteiger partial charge in [-0.15, -0.1) is 0 Å². The predicted molar refractivity (Wildman–Crippen MR) is 105 cm³/mol. The smallest absolute Gasteiger partial charge is 0.222 e. The van der Waals surface area contributed by atoms with Crippen LogP contribution in [-0.2, 0) is 16.0 Å². The van der Waals surface area contributed by atoms with E-state index in [0.29, 0.717) is 37.6 Å². The number of fused-ring (bicyclic) bond motifs is 1. The lowest BCUT2D eigenvalue weighted by Gasteiger charge is -2.44. The van der Waals surface area contributed by atoms with Crippen molar-refractivity contribution in [2.24, 2.45) is 5.92 Å². The number of carbonyl (C=O) groups is 2. The zero-order valence-electron chi connectivity index (χ0n) is 16.3. The molecule has 2 fully saturated rings. The Kier molecular flexibility index (Phi) is 7.42. The van der Waals surface area contributed by atoms with Gasteiger partial charge in [0.25, 0.3) is 0 Å². The molecule has 1 aromatic carbocycles. The second-order valence-electron chi connectivity index (χ2n) is 8.22. The van der Waals surface area contributed by atoms with Crippen LogP contribution in [0, 0.1) is 11.7 Å². The van der Waals surface area contributed by atoms with Gasteiger partial charge in [0.15, 0.2) is 0 Å². The average molecular weight is 374 g/mol. The van der Waals surface area contributed by atoms with Gasteiger partial charge in [-0.1, -0.05) is 25.0 Å². The zero-order chi connectivity index (χ0) is 19.1. The summed E-state index contributed by atoms with van der Waals surface area (Å²) in [4.78, 5) is 26.9. The first-order valence-corrected chi connectivity index (χ1v) is 10.7. The Bertz CT molecular complexity index is 643. The van der Waals surface area contributed by atoms with E-state index in [2.05, 4.69) is 4.90 Å². The van der Waals surface area contributed by atoms with E-state index >= 15 is 0 Å². The van der Waals surface area contributed by atoms with E-state index in [1.54, 1.807) is 6.07 Å². The third kappa shape index (κ3) is 5.88. The number of Topliss-reactive ketones (excluding diaryl/α,β-unsaturated/α-hetero) is 1. The molecule has 3 rings (SSSR count). The van der Waals surface area contributed by atoms with Gasteiger partial charge in [0.1, 0.15) is 11.6 Å². The summed E-state index contributed by atoms with van der Waals surface area (Å²) in [7, 11) is 0. The minimum absolute atomic E-state index is 0.216. The van der Waals surface area contributed by atoms with E-state index in [4.69, 9.17) is 0 Å². The van der Waals surface area contributed by atoms with Crippen molar-refractivity contribution < 1.29 is 14.0 Å². The van der Waals surface area contributed by atoms with Gasteiger partial charge in [0.05, 0.1) is 0 Å². The quantitative estimate of drug-likeness (QED) is 0.638. The number of amides is 1. The highest BCUT2D eigenvalue weighted by Crippen LogP contribution is 2.35. The average Bonchev–Trinajstić information content (AvgIpc) is 2.67. The molecule has 0 bridgehead atoms. The topological polar surface area (TPSA) is 37.4 Å². The summed E-state index contributed by atoms with van der Waals surface area (Å²) >= 11 is 0. The summed E-state index contributed by atoms with van der Waals surface area (Å²) in [6.45, 7) is 0.904. The van der Waals surface area contributed by atoms with E-state index in [9.17, 15) is 14.0 Å². The Hall–Kier alpha value is -1.71. The molecule has 0 spiro atoms. The number of rotatable bonds is 8. The van der Waals surface area contributed by atoms with Gasteiger partial charge in [0.2, 0.25) is 5.91 Å². The van der Waals surface area contributed by atoms with Gasteiger partial charge in [-0.2, -0.15) is 0 Å². The molecule has 1 amide bonds. The number of ketones is 1. The molecular weight excluding hydrogens is 341 g/mol. The monoisotopic (exact) mass is 373 g/mol. The van der Waals surface area contributed by atoms with Gasteiger partial charge < -0.3 is 4.90 Å². The third-order valence-corrected chi connectivity index (χ3v) is 6.22. The first-order chi connectivity index (χ1) is 13.1. The highest BCUT2D eigenvalue weighted by Gasteiger charge is 2.35. The third-order valence-electron chi connectivity index (χ3n) is 6.22. The Morgan fingerprint density at radius 2 is 1.78 bits per heavy atom. The fraction of sp³-hybridized carbons (Fsp3) is 0.652. The molecule has 27 heavy (non-hydrogen) atoms. The second kappa shape index (κ2) is 10.0. The van der Waals surface area contributed by atoms with Gasteiger partial charge in [-0.05, 0) is 68.6 Å². The molecular formula is C23H32FNO2. The Morgan fingerprint density at radius 3 is 2.63 bits per heavy atom. The molecule has 3 nitrogen and oxygen atoms in total. The molecule has 1 heterocycles. The number of aryl methyl sites for hydroxylation is 1. The number of hydrogen-bond acceptors (Lipinski definition) is 2. The van der Waals surface area contributed by atoms with Crippen LogP contribution in [0.3, 0.4) is 0 Å². The predicted octanol–water partition coefficient (Wildman–Crippen LogP) is 5.07. The lowest BCUT2D eigenvalue weighted by Crippen LogP contribution is -2.49. The molecule has 1 aromatic rings. The van der Waals surface area contributed by atoms with Crippen molar-refractivity contribution in [3.63, 3.8) is 0 Å². The Morgan fingerprint density at radius 1 is 1.00 bits per heavy atom. The largest absolute Gasteiger partial charge is 0.339 e. The van der Waals surface area contributed by atoms with E-state index < -0.39 is 0 Å². The van der Waals surface area contributed by atoms with Crippen LogP contribution in [-0.4, -0.2) is 29.2 Å². The summed E-state index contributed by atoms with van der Waals surface area (Å²) in [5.41, 5.74) is 0.935. The molecule has 2 atom stereocenters. The van der Waals surface area contributed by atoms with Crippen molar-refractivity contribution in [3.8, 4) is 0 Å². The summed E-state index contributed by atoms with van der Waals surface area (Å²) in [6, 6.07) is 7.02. The SMILES string of the molecule is O=C(CCCC(=O)N1CCCC2CCCCC21)CCCc1cccc(F)c1. The molecule has 0 N–H and O–H groups in total. The Balaban J connectivity index is 1.33. The van der Waals surface area contributed by atoms with Crippen LogP contribution >= 0.6 is 0 Å². The van der Waals surface area contributed by atoms with Gasteiger partial charge in [-0.3, -0.25) is 9.59 Å². The molecule has 1 aliphatic carbocycles. The van der Waals surface area contributed by atoms with Crippen LogP contribution in [0.25, 0.3) is 0 Å². The Labute approximate surface area is 162 Å². The minimum Gasteiger partial charge on any atom is -0.339 e. The highest BCUT2D eigenvalue weighted by molar-refractivity contribution is 5.80. The van der Waals surface area contributed by atoms with Crippen LogP contribution in [0.5, 0.6) is 0 Å². The molecule has 1 saturated carbocycles. The second-order valence-corrected chi connectivity index (χ2v) is 8.22. The lowest BCUT2D eigenvalue weighted by molar-refractivity contribution is -0.137. The van der Waals surface area contributed by atoms with Crippen molar-refractivity contribution in [2.75, 3.05) is 6.54 Å². The standard InChI is InChI=1S/C23H32FNO2/c24-20-11-3-7-18(17-20)8-4-12-21(26)13-5-15-23(27)25-16-6-10-19-9-1-2-14-22(19)25/h3,7,11,17,19,22H,1-2,4-6,8-10,12-16H2. The van der Waals surface area contributed by atoms with Crippen LogP contribution in [0.4, 0.5) is 4.39 Å². The number of nitrogens with zero attached hydrogens (tertiary/aromatic N) is 1. The molecule has 4 heteroatoms. The molecule has 1 aliphatic heterocycles. The van der Waals surface area contributed by atoms with Crippen LogP contribution in [0.1, 0.15) is 76.2 Å². The maximum atomic E-state index is 13.1.